The minimum Gasteiger partial charge on any atom is -0.299 e. The summed E-state index contributed by atoms with van der Waals surface area (Å²) in [6.45, 7) is 7.33. The topological polar surface area (TPSA) is 44.5 Å². The fourth-order valence-corrected chi connectivity index (χ4v) is 3.26. The van der Waals surface area contributed by atoms with Gasteiger partial charge in [0.2, 0.25) is 0 Å². The number of fused-ring (bicyclic) bond motifs is 3. The molecule has 3 aliphatic rings. The second-order valence-corrected chi connectivity index (χ2v) is 5.56. The summed E-state index contributed by atoms with van der Waals surface area (Å²) in [7, 11) is 0. The molecule has 0 aliphatic carbocycles. The van der Waals surface area contributed by atoms with Crippen molar-refractivity contribution in [2.24, 2.45) is 5.84 Å². The summed E-state index contributed by atoms with van der Waals surface area (Å²) in [4.78, 5) is 4.97. The van der Waals surface area contributed by atoms with E-state index in [1.165, 1.54) is 6.07 Å². The lowest BCUT2D eigenvalue weighted by Crippen LogP contribution is -2.64. The zero-order valence-corrected chi connectivity index (χ0v) is 11.3. The predicted octanol–water partition coefficient (Wildman–Crippen LogP) is 0.638. The summed E-state index contributed by atoms with van der Waals surface area (Å²) in [5.41, 5.74) is 4.67. The van der Waals surface area contributed by atoms with E-state index in [0.29, 0.717) is 11.6 Å². The van der Waals surface area contributed by atoms with Crippen molar-refractivity contribution in [3.63, 3.8) is 0 Å². The van der Waals surface area contributed by atoms with Crippen LogP contribution in [0.25, 0.3) is 0 Å². The summed E-state index contributed by atoms with van der Waals surface area (Å²) in [6, 6.07) is 5.70. The van der Waals surface area contributed by atoms with Gasteiger partial charge < -0.3 is 0 Å². The van der Waals surface area contributed by atoms with Crippen LogP contribution in [0.5, 0.6) is 0 Å². The summed E-state index contributed by atoms with van der Waals surface area (Å²) in [5, 5.41) is 0. The molecule has 4 nitrogen and oxygen atoms in total. The van der Waals surface area contributed by atoms with Crippen molar-refractivity contribution < 1.29 is 4.39 Å². The van der Waals surface area contributed by atoms with Gasteiger partial charge in [-0.05, 0) is 24.1 Å². The number of nitrogens with zero attached hydrogens (tertiary/aromatic N) is 2. The third-order valence-corrected chi connectivity index (χ3v) is 4.43. The predicted molar refractivity (Wildman–Crippen MR) is 73.0 cm³/mol. The number of hydrogen-bond donors (Lipinski definition) is 2. The highest BCUT2D eigenvalue weighted by atomic mass is 19.1. The highest BCUT2D eigenvalue weighted by molar-refractivity contribution is 5.28. The number of hydrazine groups is 1. The van der Waals surface area contributed by atoms with E-state index in [9.17, 15) is 4.39 Å². The van der Waals surface area contributed by atoms with E-state index in [-0.39, 0.29) is 11.9 Å². The van der Waals surface area contributed by atoms with Gasteiger partial charge in [-0.15, -0.1) is 0 Å². The van der Waals surface area contributed by atoms with E-state index in [4.69, 9.17) is 5.84 Å². The van der Waals surface area contributed by atoms with Crippen LogP contribution >= 0.6 is 0 Å². The largest absolute Gasteiger partial charge is 0.299 e. The Kier molecular flexibility index (Phi) is 3.54. The van der Waals surface area contributed by atoms with Gasteiger partial charge in [0.1, 0.15) is 5.82 Å². The van der Waals surface area contributed by atoms with Crippen LogP contribution in [0.4, 0.5) is 4.39 Å². The van der Waals surface area contributed by atoms with Crippen LogP contribution in [-0.2, 0) is 0 Å². The second kappa shape index (κ2) is 5.17. The number of piperazine rings is 3. The van der Waals surface area contributed by atoms with E-state index >= 15 is 0 Å². The Bertz CT molecular complexity index is 457. The minimum absolute atomic E-state index is 0.0578. The summed E-state index contributed by atoms with van der Waals surface area (Å²) < 4.78 is 13.4. The molecule has 19 heavy (non-hydrogen) atoms. The van der Waals surface area contributed by atoms with Crippen molar-refractivity contribution in [1.82, 2.24) is 15.2 Å². The molecule has 0 radical (unpaired) electrons. The van der Waals surface area contributed by atoms with E-state index in [1.54, 1.807) is 6.92 Å². The van der Waals surface area contributed by atoms with Gasteiger partial charge in [0.15, 0.2) is 0 Å². The van der Waals surface area contributed by atoms with Gasteiger partial charge in [0.05, 0.1) is 6.04 Å². The fraction of sp³-hybridized carbons (Fsp3) is 0.571. The molecule has 0 amide bonds. The number of aryl methyl sites for hydroxylation is 1. The number of nitrogens with one attached hydrogen (secondary N) is 1. The molecule has 2 atom stereocenters. The highest BCUT2D eigenvalue weighted by Gasteiger charge is 2.37. The van der Waals surface area contributed by atoms with Gasteiger partial charge >= 0.3 is 0 Å². The molecule has 3 heterocycles. The maximum atomic E-state index is 13.4. The molecule has 1 aromatic rings. The molecule has 3 fully saturated rings. The van der Waals surface area contributed by atoms with Crippen molar-refractivity contribution in [3.8, 4) is 0 Å². The first-order chi connectivity index (χ1) is 9.19. The second-order valence-electron chi connectivity index (χ2n) is 5.56. The van der Waals surface area contributed by atoms with Gasteiger partial charge in [0.25, 0.3) is 0 Å². The van der Waals surface area contributed by atoms with Gasteiger partial charge in [-0.25, -0.2) is 4.39 Å². The van der Waals surface area contributed by atoms with Crippen molar-refractivity contribution in [1.29, 1.82) is 0 Å². The highest BCUT2D eigenvalue weighted by Crippen LogP contribution is 2.27. The molecule has 2 unspecified atom stereocenters. The number of benzene rings is 1. The first-order valence-corrected chi connectivity index (χ1v) is 6.87. The standard InChI is InChI=1S/C14H21FN4/c1-10-8-11(2-3-12(10)15)14(17-16)13-9-18-4-6-19(13)7-5-18/h2-3,8,13-14,17H,4-7,9,16H2,1H3. The molecule has 3 saturated heterocycles. The molecule has 0 saturated carbocycles. The van der Waals surface area contributed by atoms with Gasteiger partial charge in [-0.1, -0.05) is 12.1 Å². The van der Waals surface area contributed by atoms with Gasteiger partial charge in [-0.2, -0.15) is 0 Å². The van der Waals surface area contributed by atoms with Crippen molar-refractivity contribution in [3.05, 3.63) is 35.1 Å². The lowest BCUT2D eigenvalue weighted by Gasteiger charge is -2.50. The molecule has 3 N–H and O–H groups in total. The third kappa shape index (κ3) is 2.39. The molecule has 0 spiro atoms. The van der Waals surface area contributed by atoms with Crippen molar-refractivity contribution in [2.75, 3.05) is 32.7 Å². The van der Waals surface area contributed by atoms with Crippen LogP contribution < -0.4 is 11.3 Å². The van der Waals surface area contributed by atoms with E-state index in [0.717, 1.165) is 38.3 Å². The Hall–Kier alpha value is -1.01. The Morgan fingerprint density at radius 1 is 1.32 bits per heavy atom. The molecule has 0 aromatic heterocycles. The summed E-state index contributed by atoms with van der Waals surface area (Å²) >= 11 is 0. The van der Waals surface area contributed by atoms with Crippen LogP contribution in [0, 0.1) is 12.7 Å². The molecule has 1 aromatic carbocycles. The molecule has 5 heteroatoms. The van der Waals surface area contributed by atoms with E-state index in [2.05, 4.69) is 15.2 Å². The van der Waals surface area contributed by atoms with Crippen molar-refractivity contribution in [2.45, 2.75) is 19.0 Å². The van der Waals surface area contributed by atoms with Gasteiger partial charge in [-0.3, -0.25) is 21.1 Å². The molecule has 4 rings (SSSR count). The average Bonchev–Trinajstić information content (AvgIpc) is 2.45. The van der Waals surface area contributed by atoms with Crippen LogP contribution in [0.3, 0.4) is 0 Å². The third-order valence-electron chi connectivity index (χ3n) is 4.43. The number of halogens is 1. The van der Waals surface area contributed by atoms with Crippen LogP contribution in [-0.4, -0.2) is 48.6 Å². The zero-order valence-electron chi connectivity index (χ0n) is 11.3. The lowest BCUT2D eigenvalue weighted by molar-refractivity contribution is -0.00371. The summed E-state index contributed by atoms with van der Waals surface area (Å²) in [5.74, 6) is 5.61. The zero-order chi connectivity index (χ0) is 13.4. The molecular weight excluding hydrogens is 243 g/mol. The van der Waals surface area contributed by atoms with E-state index in [1.807, 2.05) is 12.1 Å². The molecule has 2 bridgehead atoms. The Morgan fingerprint density at radius 2 is 2.05 bits per heavy atom. The first kappa shape index (κ1) is 13.0. The van der Waals surface area contributed by atoms with E-state index < -0.39 is 0 Å². The number of hydrogen-bond acceptors (Lipinski definition) is 4. The first-order valence-electron chi connectivity index (χ1n) is 6.87. The minimum atomic E-state index is -0.159. The SMILES string of the molecule is Cc1cc(C(NN)C2CN3CCN2CC3)ccc1F. The number of rotatable bonds is 3. The Labute approximate surface area is 113 Å². The monoisotopic (exact) mass is 264 g/mol. The van der Waals surface area contributed by atoms with Crippen LogP contribution in [0.2, 0.25) is 0 Å². The molecular formula is C14H21FN4. The fourth-order valence-electron chi connectivity index (χ4n) is 3.26. The Morgan fingerprint density at radius 3 is 2.58 bits per heavy atom. The average molecular weight is 264 g/mol. The maximum Gasteiger partial charge on any atom is 0.126 e. The Balaban J connectivity index is 1.85. The van der Waals surface area contributed by atoms with Crippen LogP contribution in [0.1, 0.15) is 17.2 Å². The smallest absolute Gasteiger partial charge is 0.126 e. The normalized spacial score (nSPS) is 31.4. The molecule has 104 valence electrons. The number of nitrogens with two attached hydrogens (primary N) is 1. The van der Waals surface area contributed by atoms with Crippen LogP contribution in [0.15, 0.2) is 18.2 Å². The van der Waals surface area contributed by atoms with Crippen molar-refractivity contribution >= 4 is 0 Å². The summed E-state index contributed by atoms with van der Waals surface area (Å²) in [6.07, 6.45) is 0. The molecule has 3 aliphatic heterocycles. The maximum absolute atomic E-state index is 13.4. The van der Waals surface area contributed by atoms with Gasteiger partial charge in [0, 0.05) is 38.8 Å². The lowest BCUT2D eigenvalue weighted by atomic mass is 9.93. The quantitative estimate of drug-likeness (QED) is 0.621.